The molecule has 0 bridgehead atoms. The highest BCUT2D eigenvalue weighted by Crippen LogP contribution is 2.40. The molecule has 1 aromatic heterocycles. The number of nitrogens with zero attached hydrogens (tertiary/aromatic N) is 4. The Morgan fingerprint density at radius 2 is 1.87 bits per heavy atom. The molecule has 0 atom stereocenters. The number of aromatic nitrogens is 2. The van der Waals surface area contributed by atoms with E-state index in [4.69, 9.17) is 24.2 Å². The highest BCUT2D eigenvalue weighted by atomic mass is 19.1. The molecule has 0 unspecified atom stereocenters. The van der Waals surface area contributed by atoms with E-state index in [9.17, 15) is 13.6 Å². The van der Waals surface area contributed by atoms with Crippen molar-refractivity contribution in [2.75, 3.05) is 37.7 Å². The number of piperidine rings is 1. The highest BCUT2D eigenvalue weighted by molar-refractivity contribution is 5.75. The van der Waals surface area contributed by atoms with Crippen LogP contribution in [0, 0.1) is 11.6 Å². The summed E-state index contributed by atoms with van der Waals surface area (Å²) in [5.74, 6) is -0.872. The summed E-state index contributed by atoms with van der Waals surface area (Å²) in [7, 11) is 0. The summed E-state index contributed by atoms with van der Waals surface area (Å²) < 4.78 is 45.1. The lowest BCUT2D eigenvalue weighted by Crippen LogP contribution is -2.40. The average molecular weight is 527 g/mol. The number of amides is 1. The van der Waals surface area contributed by atoms with E-state index in [0.29, 0.717) is 65.1 Å². The van der Waals surface area contributed by atoms with Crippen molar-refractivity contribution < 1.29 is 27.8 Å². The fourth-order valence-corrected chi connectivity index (χ4v) is 5.74. The summed E-state index contributed by atoms with van der Waals surface area (Å²) in [6, 6.07) is 3.39. The van der Waals surface area contributed by atoms with E-state index in [-0.39, 0.29) is 17.8 Å². The Morgan fingerprint density at radius 3 is 2.55 bits per heavy atom. The van der Waals surface area contributed by atoms with Gasteiger partial charge in [-0.15, -0.1) is 0 Å². The largest absolute Gasteiger partial charge is 0.487 e. The van der Waals surface area contributed by atoms with Crippen LogP contribution >= 0.6 is 0 Å². The topological polar surface area (TPSA) is 77.0 Å². The SMILES string of the molecule is CC(=O)N1CCc2nc(N3CCC(Oc4ccc(F)cc4F)CC3)c(C3=CCC4(CC3)OCCO4)nc2C1. The van der Waals surface area contributed by atoms with E-state index in [1.165, 1.54) is 12.1 Å². The van der Waals surface area contributed by atoms with Crippen molar-refractivity contribution >= 4 is 17.3 Å². The van der Waals surface area contributed by atoms with Crippen molar-refractivity contribution in [3.63, 3.8) is 0 Å². The summed E-state index contributed by atoms with van der Waals surface area (Å²) in [4.78, 5) is 26.3. The summed E-state index contributed by atoms with van der Waals surface area (Å²) >= 11 is 0. The van der Waals surface area contributed by atoms with Crippen molar-refractivity contribution in [1.29, 1.82) is 0 Å². The normalized spacial score (nSPS) is 21.4. The van der Waals surface area contributed by atoms with Gasteiger partial charge < -0.3 is 24.0 Å². The van der Waals surface area contributed by atoms with Gasteiger partial charge in [-0.1, -0.05) is 6.08 Å². The Hall–Kier alpha value is -3.11. The number of benzene rings is 1. The lowest BCUT2D eigenvalue weighted by Gasteiger charge is -2.36. The molecule has 2 fully saturated rings. The van der Waals surface area contributed by atoms with Crippen LogP contribution in [-0.2, 0) is 27.2 Å². The van der Waals surface area contributed by atoms with E-state index in [0.717, 1.165) is 47.4 Å². The molecule has 0 N–H and O–H groups in total. The molecule has 2 aromatic rings. The van der Waals surface area contributed by atoms with Gasteiger partial charge in [-0.3, -0.25) is 4.79 Å². The molecule has 1 aliphatic carbocycles. The molecule has 0 saturated carbocycles. The highest BCUT2D eigenvalue weighted by Gasteiger charge is 2.39. The number of carbonyl (C=O) groups is 1. The molecule has 4 aliphatic rings. The zero-order valence-corrected chi connectivity index (χ0v) is 21.5. The molecular weight excluding hydrogens is 494 g/mol. The van der Waals surface area contributed by atoms with Crippen molar-refractivity contribution in [3.05, 3.63) is 53.0 Å². The third-order valence-corrected chi connectivity index (χ3v) is 7.92. The Kier molecular flexibility index (Phi) is 6.77. The number of hydrogen-bond acceptors (Lipinski definition) is 7. The van der Waals surface area contributed by atoms with Crippen LogP contribution in [0.5, 0.6) is 5.75 Å². The number of anilines is 1. The maximum Gasteiger partial charge on any atom is 0.219 e. The molecule has 1 amide bonds. The Morgan fingerprint density at radius 1 is 1.08 bits per heavy atom. The predicted molar refractivity (Wildman–Crippen MR) is 136 cm³/mol. The Bertz CT molecular complexity index is 1260. The van der Waals surface area contributed by atoms with E-state index in [1.807, 2.05) is 4.90 Å². The Labute approximate surface area is 220 Å². The van der Waals surface area contributed by atoms with Crippen molar-refractivity contribution in [2.24, 2.45) is 0 Å². The van der Waals surface area contributed by atoms with Gasteiger partial charge in [-0.2, -0.15) is 0 Å². The first-order chi connectivity index (χ1) is 18.4. The first-order valence-corrected chi connectivity index (χ1v) is 13.4. The lowest BCUT2D eigenvalue weighted by atomic mass is 9.91. The van der Waals surface area contributed by atoms with Crippen molar-refractivity contribution in [2.45, 2.75) is 63.9 Å². The summed E-state index contributed by atoms with van der Waals surface area (Å²) in [6.07, 6.45) is 6.20. The van der Waals surface area contributed by atoms with Gasteiger partial charge in [0.05, 0.1) is 31.1 Å². The second kappa shape index (κ2) is 10.2. The number of fused-ring (bicyclic) bond motifs is 1. The molecule has 0 radical (unpaired) electrons. The molecule has 202 valence electrons. The van der Waals surface area contributed by atoms with Gasteiger partial charge in [0.25, 0.3) is 0 Å². The number of hydrogen-bond donors (Lipinski definition) is 0. The van der Waals surface area contributed by atoms with Gasteiger partial charge in [0.1, 0.15) is 17.6 Å². The van der Waals surface area contributed by atoms with Gasteiger partial charge in [0, 0.05) is 64.7 Å². The van der Waals surface area contributed by atoms with E-state index >= 15 is 0 Å². The predicted octanol–water partition coefficient (Wildman–Crippen LogP) is 4.02. The third kappa shape index (κ3) is 4.99. The number of allylic oxidation sites excluding steroid dienone is 1. The zero-order chi connectivity index (χ0) is 26.3. The van der Waals surface area contributed by atoms with Crippen LogP contribution in [0.4, 0.5) is 14.6 Å². The Balaban J connectivity index is 1.24. The quantitative estimate of drug-likeness (QED) is 0.596. The number of halogens is 2. The van der Waals surface area contributed by atoms with E-state index in [1.54, 1.807) is 6.92 Å². The molecular formula is C28H32F2N4O4. The van der Waals surface area contributed by atoms with Crippen LogP contribution in [0.3, 0.4) is 0 Å². The van der Waals surface area contributed by atoms with Crippen LogP contribution in [0.2, 0.25) is 0 Å². The molecule has 38 heavy (non-hydrogen) atoms. The first kappa shape index (κ1) is 25.2. The molecule has 4 heterocycles. The summed E-state index contributed by atoms with van der Waals surface area (Å²) in [5.41, 5.74) is 3.76. The van der Waals surface area contributed by atoms with Crippen molar-refractivity contribution in [3.8, 4) is 5.75 Å². The minimum absolute atomic E-state index is 0.0390. The summed E-state index contributed by atoms with van der Waals surface area (Å²) in [5, 5.41) is 0. The standard InChI is InChI=1S/C28H32F2N4O4/c1-18(35)34-13-8-23-24(17-34)31-26(19-4-9-28(10-5-19)36-14-15-37-28)27(32-23)33-11-6-21(7-12-33)38-25-3-2-20(29)16-22(25)30/h2-4,16,21H,5-15,17H2,1H3. The summed E-state index contributed by atoms with van der Waals surface area (Å²) in [6.45, 7) is 5.28. The first-order valence-electron chi connectivity index (χ1n) is 13.4. The van der Waals surface area contributed by atoms with Crippen LogP contribution in [0.25, 0.3) is 5.57 Å². The van der Waals surface area contributed by atoms with E-state index in [2.05, 4.69) is 11.0 Å². The van der Waals surface area contributed by atoms with Crippen molar-refractivity contribution in [1.82, 2.24) is 14.9 Å². The van der Waals surface area contributed by atoms with Crippen LogP contribution in [-0.4, -0.2) is 65.5 Å². The number of ether oxygens (including phenoxy) is 3. The molecule has 6 rings (SSSR count). The van der Waals surface area contributed by atoms with Gasteiger partial charge >= 0.3 is 0 Å². The molecule has 8 nitrogen and oxygen atoms in total. The average Bonchev–Trinajstić information content (AvgIpc) is 3.38. The second-order valence-corrected chi connectivity index (χ2v) is 10.4. The van der Waals surface area contributed by atoms with Crippen LogP contribution in [0.1, 0.15) is 56.1 Å². The lowest BCUT2D eigenvalue weighted by molar-refractivity contribution is -0.159. The zero-order valence-electron chi connectivity index (χ0n) is 21.5. The van der Waals surface area contributed by atoms with Gasteiger partial charge in [0.2, 0.25) is 5.91 Å². The molecule has 1 spiro atoms. The fraction of sp³-hybridized carbons (Fsp3) is 0.536. The minimum Gasteiger partial charge on any atom is -0.487 e. The van der Waals surface area contributed by atoms with Gasteiger partial charge in [-0.25, -0.2) is 18.7 Å². The van der Waals surface area contributed by atoms with Gasteiger partial charge in [0.15, 0.2) is 23.2 Å². The van der Waals surface area contributed by atoms with Crippen LogP contribution in [0.15, 0.2) is 24.3 Å². The second-order valence-electron chi connectivity index (χ2n) is 10.4. The van der Waals surface area contributed by atoms with E-state index < -0.39 is 17.4 Å². The minimum atomic E-state index is -0.688. The maximum atomic E-state index is 14.1. The monoisotopic (exact) mass is 526 g/mol. The van der Waals surface area contributed by atoms with Gasteiger partial charge in [-0.05, 0) is 24.1 Å². The molecule has 2 saturated heterocycles. The van der Waals surface area contributed by atoms with Crippen LogP contribution < -0.4 is 9.64 Å². The molecule has 3 aliphatic heterocycles. The maximum absolute atomic E-state index is 14.1. The third-order valence-electron chi connectivity index (χ3n) is 7.92. The molecule has 1 aromatic carbocycles. The fourth-order valence-electron chi connectivity index (χ4n) is 5.74. The number of rotatable bonds is 4. The molecule has 10 heteroatoms. The number of carbonyl (C=O) groups excluding carboxylic acids is 1. The smallest absolute Gasteiger partial charge is 0.219 e.